The molecule has 1 amide bonds. The molecule has 0 radical (unpaired) electrons. The van der Waals surface area contributed by atoms with Crippen LogP contribution >= 0.6 is 15.9 Å². The van der Waals surface area contributed by atoms with Gasteiger partial charge in [-0.25, -0.2) is 9.59 Å². The summed E-state index contributed by atoms with van der Waals surface area (Å²) in [6, 6.07) is 7.26. The number of rotatable bonds is 7. The molecule has 26 heavy (non-hydrogen) atoms. The Morgan fingerprint density at radius 1 is 1.27 bits per heavy atom. The summed E-state index contributed by atoms with van der Waals surface area (Å²) in [6.07, 6.45) is 0. The van der Waals surface area contributed by atoms with Crippen molar-refractivity contribution in [2.24, 2.45) is 0 Å². The number of H-pyrrole nitrogens is 1. The molecule has 0 spiro atoms. The van der Waals surface area contributed by atoms with Gasteiger partial charge >= 0.3 is 11.9 Å². The van der Waals surface area contributed by atoms with Crippen molar-refractivity contribution in [3.05, 3.63) is 51.8 Å². The number of hydrogen-bond donors (Lipinski definition) is 3. The number of esters is 1. The molecule has 3 N–H and O–H groups in total. The maximum Gasteiger partial charge on any atom is 0.354 e. The molecule has 0 unspecified atom stereocenters. The van der Waals surface area contributed by atoms with Gasteiger partial charge in [-0.3, -0.25) is 4.79 Å². The molecule has 1 atom stereocenters. The van der Waals surface area contributed by atoms with Crippen molar-refractivity contribution in [3.63, 3.8) is 0 Å². The number of carboxylic acids is 1. The molecule has 8 nitrogen and oxygen atoms in total. The minimum absolute atomic E-state index is 0.107. The highest BCUT2D eigenvalue weighted by Gasteiger charge is 2.29. The average molecular weight is 425 g/mol. The second-order valence-corrected chi connectivity index (χ2v) is 6.08. The number of amides is 1. The fraction of sp³-hybridized carbons (Fsp3) is 0.235. The van der Waals surface area contributed by atoms with Gasteiger partial charge < -0.3 is 24.9 Å². The van der Waals surface area contributed by atoms with Crippen LogP contribution in [0, 0.1) is 6.92 Å². The molecule has 1 heterocycles. The first-order valence-corrected chi connectivity index (χ1v) is 8.30. The first kappa shape index (κ1) is 19.5. The van der Waals surface area contributed by atoms with E-state index in [9.17, 15) is 19.5 Å². The van der Waals surface area contributed by atoms with Crippen molar-refractivity contribution in [2.45, 2.75) is 13.0 Å². The van der Waals surface area contributed by atoms with Gasteiger partial charge in [0, 0.05) is 4.47 Å². The Kier molecular flexibility index (Phi) is 6.40. The SMILES string of the molecule is COC(=O)c1[nH]c([C@H](NC(=O)COc2ccccc2)C(=O)O)c(Br)c1C. The minimum atomic E-state index is -1.40. The zero-order chi connectivity index (χ0) is 19.3. The van der Waals surface area contributed by atoms with Gasteiger partial charge in [-0.2, -0.15) is 0 Å². The van der Waals surface area contributed by atoms with E-state index in [-0.39, 0.29) is 18.0 Å². The van der Waals surface area contributed by atoms with Crippen molar-refractivity contribution in [3.8, 4) is 5.75 Å². The summed E-state index contributed by atoms with van der Waals surface area (Å²) in [7, 11) is 1.22. The Bertz CT molecular complexity index is 818. The Morgan fingerprint density at radius 2 is 1.92 bits per heavy atom. The van der Waals surface area contributed by atoms with Crippen LogP contribution in [-0.4, -0.2) is 41.7 Å². The van der Waals surface area contributed by atoms with Crippen LogP contribution in [0.2, 0.25) is 0 Å². The lowest BCUT2D eigenvalue weighted by molar-refractivity contribution is -0.142. The number of aromatic amines is 1. The molecule has 0 aliphatic rings. The van der Waals surface area contributed by atoms with Crippen LogP contribution in [0.4, 0.5) is 0 Å². The molecule has 9 heteroatoms. The lowest BCUT2D eigenvalue weighted by Crippen LogP contribution is -2.37. The number of carbonyl (C=O) groups excluding carboxylic acids is 2. The van der Waals surface area contributed by atoms with Crippen molar-refractivity contribution >= 4 is 33.8 Å². The Labute approximate surface area is 157 Å². The fourth-order valence-electron chi connectivity index (χ4n) is 2.23. The van der Waals surface area contributed by atoms with Crippen LogP contribution in [-0.2, 0) is 14.3 Å². The number of para-hydroxylation sites is 1. The number of methoxy groups -OCH3 is 1. The monoisotopic (exact) mass is 424 g/mol. The van der Waals surface area contributed by atoms with E-state index in [1.807, 2.05) is 0 Å². The lowest BCUT2D eigenvalue weighted by Gasteiger charge is -2.14. The molecular formula is C17H17BrN2O6. The third kappa shape index (κ3) is 4.42. The van der Waals surface area contributed by atoms with Gasteiger partial charge in [0.1, 0.15) is 11.4 Å². The quantitative estimate of drug-likeness (QED) is 0.586. The summed E-state index contributed by atoms with van der Waals surface area (Å²) < 4.78 is 10.3. The van der Waals surface area contributed by atoms with Crippen LogP contribution < -0.4 is 10.1 Å². The Morgan fingerprint density at radius 3 is 2.50 bits per heavy atom. The predicted octanol–water partition coefficient (Wildman–Crippen LogP) is 2.19. The molecular weight excluding hydrogens is 408 g/mol. The maximum absolute atomic E-state index is 12.1. The molecule has 0 saturated heterocycles. The third-order valence-electron chi connectivity index (χ3n) is 3.54. The number of carboxylic acid groups (broad SMARTS) is 1. The summed E-state index contributed by atoms with van der Waals surface area (Å²) in [6.45, 7) is 1.27. The Hall–Kier alpha value is -2.81. The number of halogens is 1. The van der Waals surface area contributed by atoms with Gasteiger partial charge in [-0.1, -0.05) is 18.2 Å². The first-order chi connectivity index (χ1) is 12.3. The summed E-state index contributed by atoms with van der Waals surface area (Å²) in [5.41, 5.74) is 0.715. The molecule has 0 bridgehead atoms. The van der Waals surface area contributed by atoms with E-state index >= 15 is 0 Å². The zero-order valence-electron chi connectivity index (χ0n) is 14.0. The van der Waals surface area contributed by atoms with E-state index in [0.717, 1.165) is 0 Å². The number of benzene rings is 1. The molecule has 0 aliphatic heterocycles. The van der Waals surface area contributed by atoms with Gasteiger partial charge in [0.15, 0.2) is 12.6 Å². The molecule has 0 saturated carbocycles. The highest BCUT2D eigenvalue weighted by molar-refractivity contribution is 9.10. The third-order valence-corrected chi connectivity index (χ3v) is 4.57. The topological polar surface area (TPSA) is 118 Å². The molecule has 0 aliphatic carbocycles. The Balaban J connectivity index is 2.15. The average Bonchev–Trinajstić information content (AvgIpc) is 2.93. The lowest BCUT2D eigenvalue weighted by atomic mass is 10.2. The van der Waals surface area contributed by atoms with Crippen molar-refractivity contribution in [1.29, 1.82) is 0 Å². The predicted molar refractivity (Wildman–Crippen MR) is 95.0 cm³/mol. The van der Waals surface area contributed by atoms with Crippen LogP contribution in [0.15, 0.2) is 34.8 Å². The van der Waals surface area contributed by atoms with Gasteiger partial charge in [-0.05, 0) is 40.5 Å². The van der Waals surface area contributed by atoms with E-state index in [0.29, 0.717) is 15.8 Å². The number of carbonyl (C=O) groups is 3. The summed E-state index contributed by atoms with van der Waals surface area (Å²) in [5, 5.41) is 11.8. The normalized spacial score (nSPS) is 11.5. The highest BCUT2D eigenvalue weighted by atomic mass is 79.9. The first-order valence-electron chi connectivity index (χ1n) is 7.51. The maximum atomic E-state index is 12.1. The van der Waals surface area contributed by atoms with Gasteiger partial charge in [0.25, 0.3) is 5.91 Å². The van der Waals surface area contributed by atoms with E-state index in [1.165, 1.54) is 7.11 Å². The number of nitrogens with one attached hydrogen (secondary N) is 2. The van der Waals surface area contributed by atoms with Crippen LogP contribution in [0.5, 0.6) is 5.75 Å². The van der Waals surface area contributed by atoms with E-state index in [1.54, 1.807) is 37.3 Å². The minimum Gasteiger partial charge on any atom is -0.484 e. The fourth-order valence-corrected chi connectivity index (χ4v) is 2.75. The van der Waals surface area contributed by atoms with Crippen molar-refractivity contribution in [1.82, 2.24) is 10.3 Å². The molecule has 138 valence electrons. The van der Waals surface area contributed by atoms with Crippen LogP contribution in [0.1, 0.15) is 27.8 Å². The van der Waals surface area contributed by atoms with Gasteiger partial charge in [-0.15, -0.1) is 0 Å². The summed E-state index contributed by atoms with van der Waals surface area (Å²) in [4.78, 5) is 38.1. The smallest absolute Gasteiger partial charge is 0.354 e. The number of aromatic nitrogens is 1. The molecule has 0 fully saturated rings. The molecule has 2 aromatic rings. The largest absolute Gasteiger partial charge is 0.484 e. The molecule has 1 aromatic heterocycles. The molecule has 2 rings (SSSR count). The van der Waals surface area contributed by atoms with Crippen molar-refractivity contribution < 1.29 is 29.0 Å². The van der Waals surface area contributed by atoms with Crippen LogP contribution in [0.25, 0.3) is 0 Å². The van der Waals surface area contributed by atoms with E-state index in [4.69, 9.17) is 4.74 Å². The van der Waals surface area contributed by atoms with E-state index < -0.39 is 23.9 Å². The number of ether oxygens (including phenoxy) is 2. The van der Waals surface area contributed by atoms with Crippen LogP contribution in [0.3, 0.4) is 0 Å². The van der Waals surface area contributed by atoms with Gasteiger partial charge in [0.05, 0.1) is 12.8 Å². The van der Waals surface area contributed by atoms with Gasteiger partial charge in [0.2, 0.25) is 0 Å². The summed E-state index contributed by atoms with van der Waals surface area (Å²) in [5.74, 6) is -2.08. The number of hydrogen-bond acceptors (Lipinski definition) is 5. The number of aliphatic carboxylic acids is 1. The van der Waals surface area contributed by atoms with E-state index in [2.05, 4.69) is 31.0 Å². The standard InChI is InChI=1S/C17H17BrN2O6/c1-9-12(18)14(20-13(9)17(24)25-2)15(16(22)23)19-11(21)8-26-10-6-4-3-5-7-10/h3-7,15,20H,8H2,1-2H3,(H,19,21)(H,22,23)/t15-/m0/s1. The highest BCUT2D eigenvalue weighted by Crippen LogP contribution is 2.29. The second kappa shape index (κ2) is 8.52. The second-order valence-electron chi connectivity index (χ2n) is 5.28. The zero-order valence-corrected chi connectivity index (χ0v) is 15.6. The summed E-state index contributed by atoms with van der Waals surface area (Å²) >= 11 is 3.25. The molecule has 1 aromatic carbocycles. The van der Waals surface area contributed by atoms with Crippen molar-refractivity contribution in [2.75, 3.05) is 13.7 Å².